The van der Waals surface area contributed by atoms with E-state index in [1.54, 1.807) is 36.4 Å². The normalized spacial score (nSPS) is 11.9. The maximum Gasteiger partial charge on any atom is 0.338 e. The van der Waals surface area contributed by atoms with Gasteiger partial charge in [-0.25, -0.2) is 17.9 Å². The molecule has 30 heavy (non-hydrogen) atoms. The van der Waals surface area contributed by atoms with E-state index in [1.165, 1.54) is 19.1 Å². The van der Waals surface area contributed by atoms with Gasteiger partial charge in [0.1, 0.15) is 16.5 Å². The third-order valence-electron chi connectivity index (χ3n) is 3.88. The van der Waals surface area contributed by atoms with E-state index in [-0.39, 0.29) is 33.3 Å². The summed E-state index contributed by atoms with van der Waals surface area (Å²) in [4.78, 5) is 23.8. The number of ether oxygens (including phenoxy) is 1. The number of allylic oxidation sites excluding steroid dienone is 1. The number of hydrogen-bond acceptors (Lipinski definition) is 7. The monoisotopic (exact) mass is 447 g/mol. The van der Waals surface area contributed by atoms with Crippen molar-refractivity contribution in [2.24, 2.45) is 5.73 Å². The van der Waals surface area contributed by atoms with Crippen molar-refractivity contribution in [1.82, 2.24) is 4.72 Å². The molecule has 10 heteroatoms. The summed E-state index contributed by atoms with van der Waals surface area (Å²) in [5, 5.41) is 8.81. The molecule has 2 aromatic carbocycles. The Balaban J connectivity index is 2.15. The molecule has 0 atom stereocenters. The molecule has 2 rings (SSSR count). The van der Waals surface area contributed by atoms with Gasteiger partial charge in [0, 0.05) is 12.2 Å². The molecule has 0 saturated carbocycles. The van der Waals surface area contributed by atoms with Crippen molar-refractivity contribution in [2.75, 3.05) is 6.61 Å². The van der Waals surface area contributed by atoms with Gasteiger partial charge >= 0.3 is 5.97 Å². The van der Waals surface area contributed by atoms with Crippen LogP contribution >= 0.6 is 11.6 Å². The van der Waals surface area contributed by atoms with E-state index in [0.29, 0.717) is 0 Å². The first-order chi connectivity index (χ1) is 14.2. The second kappa shape index (κ2) is 10.0. The molecule has 0 radical (unpaired) electrons. The third kappa shape index (κ3) is 5.90. The number of ketones is 1. The van der Waals surface area contributed by atoms with Crippen molar-refractivity contribution in [1.29, 1.82) is 5.26 Å². The summed E-state index contributed by atoms with van der Waals surface area (Å²) in [5.41, 5.74) is 5.73. The predicted octanol–water partition coefficient (Wildman–Crippen LogP) is 2.30. The van der Waals surface area contributed by atoms with Crippen molar-refractivity contribution in [2.45, 2.75) is 18.4 Å². The number of nitrogens with two attached hydrogens (primary N) is 1. The van der Waals surface area contributed by atoms with Gasteiger partial charge in [0.2, 0.25) is 15.8 Å². The van der Waals surface area contributed by atoms with Gasteiger partial charge in [-0.2, -0.15) is 5.26 Å². The molecule has 0 spiro atoms. The summed E-state index contributed by atoms with van der Waals surface area (Å²) in [6.45, 7) is 0.689. The van der Waals surface area contributed by atoms with Crippen LogP contribution in [0.2, 0.25) is 5.02 Å². The average molecular weight is 448 g/mol. The van der Waals surface area contributed by atoms with Gasteiger partial charge in [-0.05, 0) is 30.7 Å². The zero-order chi connectivity index (χ0) is 22.3. The molecule has 156 valence electrons. The molecule has 3 N–H and O–H groups in total. The molecule has 0 aromatic heterocycles. The Kier molecular flexibility index (Phi) is 7.72. The van der Waals surface area contributed by atoms with Gasteiger partial charge in [0.05, 0.1) is 10.6 Å². The van der Waals surface area contributed by atoms with Crippen LogP contribution in [-0.2, 0) is 26.1 Å². The van der Waals surface area contributed by atoms with Crippen molar-refractivity contribution in [3.8, 4) is 6.07 Å². The molecule has 8 nitrogen and oxygen atoms in total. The Morgan fingerprint density at radius 2 is 1.87 bits per heavy atom. The number of hydrogen-bond donors (Lipinski definition) is 2. The van der Waals surface area contributed by atoms with Gasteiger partial charge in [0.25, 0.3) is 0 Å². The number of esters is 1. The first kappa shape index (κ1) is 23.1. The van der Waals surface area contributed by atoms with E-state index in [0.717, 1.165) is 11.6 Å². The molecule has 0 aliphatic rings. The lowest BCUT2D eigenvalue weighted by Crippen LogP contribution is -2.24. The molecule has 0 aliphatic carbocycles. The van der Waals surface area contributed by atoms with Crippen LogP contribution in [0.5, 0.6) is 0 Å². The second-order valence-electron chi connectivity index (χ2n) is 6.12. The lowest BCUT2D eigenvalue weighted by Gasteiger charge is -2.10. The van der Waals surface area contributed by atoms with Crippen molar-refractivity contribution in [3.05, 3.63) is 76.0 Å². The SMILES string of the molecule is C/C(N)=C(/C#N)C(=O)COC(=O)c1ccc(Cl)c(S(=O)(=O)NCc2ccccc2)c1. The van der Waals surface area contributed by atoms with E-state index in [2.05, 4.69) is 4.72 Å². The van der Waals surface area contributed by atoms with Crippen LogP contribution in [0.4, 0.5) is 0 Å². The summed E-state index contributed by atoms with van der Waals surface area (Å²) in [6.07, 6.45) is 0. The quantitative estimate of drug-likeness (QED) is 0.359. The first-order valence-corrected chi connectivity index (χ1v) is 10.4. The van der Waals surface area contributed by atoms with Crippen LogP contribution in [0.3, 0.4) is 0 Å². The molecular weight excluding hydrogens is 430 g/mol. The highest BCUT2D eigenvalue weighted by Crippen LogP contribution is 2.23. The largest absolute Gasteiger partial charge is 0.454 e. The van der Waals surface area contributed by atoms with E-state index in [9.17, 15) is 18.0 Å². The molecule has 0 aliphatic heterocycles. The van der Waals surface area contributed by atoms with Crippen molar-refractivity contribution >= 4 is 33.4 Å². The lowest BCUT2D eigenvalue weighted by molar-refractivity contribution is -0.118. The van der Waals surface area contributed by atoms with Gasteiger partial charge in [-0.1, -0.05) is 41.9 Å². The fourth-order valence-corrected chi connectivity index (χ4v) is 3.89. The number of carbonyl (C=O) groups is 2. The summed E-state index contributed by atoms with van der Waals surface area (Å²) >= 11 is 6.01. The number of benzene rings is 2. The Bertz CT molecular complexity index is 1130. The topological polar surface area (TPSA) is 139 Å². The number of Topliss-reactive ketones (excluding diaryl/α,β-unsaturated/α-hetero) is 1. The number of rotatable bonds is 8. The Morgan fingerprint density at radius 3 is 2.47 bits per heavy atom. The van der Waals surface area contributed by atoms with Gasteiger partial charge in [-0.15, -0.1) is 0 Å². The first-order valence-electron chi connectivity index (χ1n) is 8.55. The standard InChI is InChI=1S/C20H18ClN3O5S/c1-13(23)16(10-22)18(25)12-29-20(26)15-7-8-17(21)19(9-15)30(27,28)24-11-14-5-3-2-4-6-14/h2-9,24H,11-12,23H2,1H3/b16-13+. The average Bonchev–Trinajstić information content (AvgIpc) is 2.71. The Morgan fingerprint density at radius 1 is 1.20 bits per heavy atom. The minimum Gasteiger partial charge on any atom is -0.454 e. The lowest BCUT2D eigenvalue weighted by atomic mass is 10.1. The number of halogens is 1. The van der Waals surface area contributed by atoms with Gasteiger partial charge in [-0.3, -0.25) is 4.79 Å². The van der Waals surface area contributed by atoms with Crippen LogP contribution in [0, 0.1) is 11.3 Å². The zero-order valence-corrected chi connectivity index (χ0v) is 17.5. The van der Waals surface area contributed by atoms with Crippen molar-refractivity contribution in [3.63, 3.8) is 0 Å². The van der Waals surface area contributed by atoms with Crippen LogP contribution in [0.25, 0.3) is 0 Å². The molecule has 0 heterocycles. The minimum absolute atomic E-state index is 0.00270. The highest BCUT2D eigenvalue weighted by atomic mass is 35.5. The Labute approximate surface area is 179 Å². The van der Waals surface area contributed by atoms with Crippen LogP contribution in [0.15, 0.2) is 64.7 Å². The maximum absolute atomic E-state index is 12.6. The number of carbonyl (C=O) groups excluding carboxylic acids is 2. The highest BCUT2D eigenvalue weighted by molar-refractivity contribution is 7.89. The number of sulfonamides is 1. The molecule has 0 unspecified atom stereocenters. The smallest absolute Gasteiger partial charge is 0.338 e. The summed E-state index contributed by atoms with van der Waals surface area (Å²) in [5.74, 6) is -1.72. The van der Waals surface area contributed by atoms with E-state index < -0.39 is 28.4 Å². The van der Waals surface area contributed by atoms with E-state index in [1.807, 2.05) is 0 Å². The number of nitriles is 1. The highest BCUT2D eigenvalue weighted by Gasteiger charge is 2.21. The van der Waals surface area contributed by atoms with Crippen LogP contribution in [-0.4, -0.2) is 26.8 Å². The fourth-order valence-electron chi connectivity index (χ4n) is 2.35. The molecule has 0 fully saturated rings. The zero-order valence-electron chi connectivity index (χ0n) is 15.9. The molecule has 0 bridgehead atoms. The minimum atomic E-state index is -4.03. The number of nitrogens with zero attached hydrogens (tertiary/aromatic N) is 1. The second-order valence-corrected chi connectivity index (χ2v) is 8.27. The van der Waals surface area contributed by atoms with Gasteiger partial charge < -0.3 is 10.5 Å². The molecule has 0 amide bonds. The van der Waals surface area contributed by atoms with E-state index >= 15 is 0 Å². The van der Waals surface area contributed by atoms with Gasteiger partial charge in [0.15, 0.2) is 6.61 Å². The predicted molar refractivity (Wildman–Crippen MR) is 110 cm³/mol. The van der Waals surface area contributed by atoms with Crippen molar-refractivity contribution < 1.29 is 22.7 Å². The molecule has 0 saturated heterocycles. The summed E-state index contributed by atoms with van der Waals surface area (Å²) in [6, 6.07) is 14.0. The molecular formula is C20H18ClN3O5S. The summed E-state index contributed by atoms with van der Waals surface area (Å²) in [7, 11) is -4.03. The number of nitrogens with one attached hydrogen (secondary N) is 1. The third-order valence-corrected chi connectivity index (χ3v) is 5.77. The maximum atomic E-state index is 12.6. The Hall–Kier alpha value is -3.19. The fraction of sp³-hybridized carbons (Fsp3) is 0.150. The summed E-state index contributed by atoms with van der Waals surface area (Å²) < 4.78 is 32.5. The van der Waals surface area contributed by atoms with E-state index in [4.69, 9.17) is 27.3 Å². The van der Waals surface area contributed by atoms with Crippen LogP contribution < -0.4 is 10.5 Å². The molecule has 2 aromatic rings. The van der Waals surface area contributed by atoms with Crippen LogP contribution in [0.1, 0.15) is 22.8 Å².